The SMILES string of the molecule is Cc1noc(C)c1C(C)n1cncc1-c1cccnc1N. The lowest BCUT2D eigenvalue weighted by Crippen LogP contribution is -2.09. The number of imidazole rings is 1. The van der Waals surface area contributed by atoms with Crippen LogP contribution >= 0.6 is 0 Å². The van der Waals surface area contributed by atoms with Gasteiger partial charge in [-0.25, -0.2) is 9.97 Å². The zero-order valence-electron chi connectivity index (χ0n) is 12.2. The van der Waals surface area contributed by atoms with E-state index >= 15 is 0 Å². The Morgan fingerprint density at radius 1 is 1.33 bits per heavy atom. The van der Waals surface area contributed by atoms with E-state index in [2.05, 4.69) is 26.6 Å². The van der Waals surface area contributed by atoms with E-state index in [-0.39, 0.29) is 6.04 Å². The van der Waals surface area contributed by atoms with Gasteiger partial charge in [-0.3, -0.25) is 0 Å². The number of nitrogen functional groups attached to an aromatic ring is 1. The average molecular weight is 283 g/mol. The molecule has 0 aliphatic heterocycles. The highest BCUT2D eigenvalue weighted by Gasteiger charge is 2.21. The number of nitrogens with two attached hydrogens (primary N) is 1. The summed E-state index contributed by atoms with van der Waals surface area (Å²) >= 11 is 0. The lowest BCUT2D eigenvalue weighted by molar-refractivity contribution is 0.391. The van der Waals surface area contributed by atoms with Crippen LogP contribution in [0.4, 0.5) is 5.82 Å². The summed E-state index contributed by atoms with van der Waals surface area (Å²) < 4.78 is 7.32. The van der Waals surface area contributed by atoms with Crippen molar-refractivity contribution < 1.29 is 4.52 Å². The number of hydrogen-bond acceptors (Lipinski definition) is 5. The van der Waals surface area contributed by atoms with Gasteiger partial charge in [0.2, 0.25) is 0 Å². The molecule has 0 bridgehead atoms. The topological polar surface area (TPSA) is 82.8 Å². The van der Waals surface area contributed by atoms with Crippen molar-refractivity contribution in [3.8, 4) is 11.3 Å². The molecule has 3 aromatic heterocycles. The van der Waals surface area contributed by atoms with Crippen molar-refractivity contribution >= 4 is 5.82 Å². The normalized spacial score (nSPS) is 12.5. The summed E-state index contributed by atoms with van der Waals surface area (Å²) in [6, 6.07) is 3.85. The van der Waals surface area contributed by atoms with Crippen LogP contribution in [0, 0.1) is 13.8 Å². The molecular formula is C15H17N5O. The molecule has 0 radical (unpaired) electrons. The first-order valence-electron chi connectivity index (χ1n) is 6.75. The Morgan fingerprint density at radius 2 is 2.14 bits per heavy atom. The zero-order valence-corrected chi connectivity index (χ0v) is 12.2. The summed E-state index contributed by atoms with van der Waals surface area (Å²) in [7, 11) is 0. The third-order valence-corrected chi connectivity index (χ3v) is 3.70. The largest absolute Gasteiger partial charge is 0.383 e. The summed E-state index contributed by atoms with van der Waals surface area (Å²) in [6.45, 7) is 5.95. The van der Waals surface area contributed by atoms with E-state index in [0.717, 1.165) is 28.3 Å². The van der Waals surface area contributed by atoms with Crippen molar-refractivity contribution in [2.24, 2.45) is 0 Å². The minimum Gasteiger partial charge on any atom is -0.383 e. The molecule has 1 atom stereocenters. The third-order valence-electron chi connectivity index (χ3n) is 3.70. The van der Waals surface area contributed by atoms with Crippen LogP contribution in [0.1, 0.15) is 30.0 Å². The van der Waals surface area contributed by atoms with Crippen molar-refractivity contribution in [2.75, 3.05) is 5.73 Å². The monoisotopic (exact) mass is 283 g/mol. The Morgan fingerprint density at radius 3 is 2.81 bits per heavy atom. The van der Waals surface area contributed by atoms with E-state index in [9.17, 15) is 0 Å². The molecule has 0 spiro atoms. The maximum Gasteiger partial charge on any atom is 0.139 e. The van der Waals surface area contributed by atoms with Gasteiger partial charge in [-0.1, -0.05) is 5.16 Å². The van der Waals surface area contributed by atoms with E-state index in [1.165, 1.54) is 0 Å². The van der Waals surface area contributed by atoms with Crippen LogP contribution in [0.2, 0.25) is 0 Å². The highest BCUT2D eigenvalue weighted by molar-refractivity contribution is 5.70. The van der Waals surface area contributed by atoms with Crippen LogP contribution in [-0.4, -0.2) is 19.7 Å². The predicted octanol–water partition coefficient (Wildman–Crippen LogP) is 2.74. The van der Waals surface area contributed by atoms with E-state index in [0.29, 0.717) is 5.82 Å². The van der Waals surface area contributed by atoms with Gasteiger partial charge in [0, 0.05) is 17.3 Å². The quantitative estimate of drug-likeness (QED) is 0.799. The number of hydrogen-bond donors (Lipinski definition) is 1. The smallest absolute Gasteiger partial charge is 0.139 e. The second-order valence-electron chi connectivity index (χ2n) is 5.04. The minimum atomic E-state index is 0.0494. The molecule has 3 aromatic rings. The first-order chi connectivity index (χ1) is 10.1. The number of aromatic nitrogens is 4. The van der Waals surface area contributed by atoms with Gasteiger partial charge in [0.25, 0.3) is 0 Å². The molecule has 21 heavy (non-hydrogen) atoms. The number of nitrogens with zero attached hydrogens (tertiary/aromatic N) is 4. The van der Waals surface area contributed by atoms with E-state index < -0.39 is 0 Å². The molecule has 0 saturated carbocycles. The highest BCUT2D eigenvalue weighted by atomic mass is 16.5. The second-order valence-corrected chi connectivity index (χ2v) is 5.04. The Bertz CT molecular complexity index is 754. The fourth-order valence-corrected chi connectivity index (χ4v) is 2.68. The summed E-state index contributed by atoms with van der Waals surface area (Å²) in [5, 5.41) is 4.02. The van der Waals surface area contributed by atoms with E-state index in [4.69, 9.17) is 10.3 Å². The Balaban J connectivity index is 2.10. The molecule has 2 N–H and O–H groups in total. The molecule has 0 aliphatic carbocycles. The van der Waals surface area contributed by atoms with E-state index in [1.54, 1.807) is 18.7 Å². The second kappa shape index (κ2) is 5.05. The molecule has 3 rings (SSSR count). The number of anilines is 1. The molecular weight excluding hydrogens is 266 g/mol. The molecule has 0 amide bonds. The van der Waals surface area contributed by atoms with Crippen molar-refractivity contribution in [2.45, 2.75) is 26.8 Å². The molecule has 108 valence electrons. The Hall–Kier alpha value is -2.63. The Kier molecular flexibility index (Phi) is 3.21. The van der Waals surface area contributed by atoms with Crippen molar-refractivity contribution in [3.05, 3.63) is 47.9 Å². The lowest BCUT2D eigenvalue weighted by Gasteiger charge is -2.17. The van der Waals surface area contributed by atoms with Gasteiger partial charge in [-0.05, 0) is 32.9 Å². The van der Waals surface area contributed by atoms with Gasteiger partial charge >= 0.3 is 0 Å². The maximum absolute atomic E-state index is 5.98. The third kappa shape index (κ3) is 2.18. The van der Waals surface area contributed by atoms with Gasteiger partial charge in [0.1, 0.15) is 11.6 Å². The molecule has 0 aliphatic rings. The number of pyridine rings is 1. The minimum absolute atomic E-state index is 0.0494. The first kappa shape index (κ1) is 13.4. The van der Waals surface area contributed by atoms with Gasteiger partial charge in [0.15, 0.2) is 0 Å². The van der Waals surface area contributed by atoms with Gasteiger partial charge < -0.3 is 14.8 Å². The molecule has 6 nitrogen and oxygen atoms in total. The van der Waals surface area contributed by atoms with Crippen molar-refractivity contribution in [1.82, 2.24) is 19.7 Å². The number of aryl methyl sites for hydroxylation is 2. The van der Waals surface area contributed by atoms with Gasteiger partial charge in [-0.2, -0.15) is 0 Å². The molecule has 0 saturated heterocycles. The standard InChI is InChI=1S/C15H17N5O/c1-9-14(11(3)21-19-9)10(2)20-8-17-7-13(20)12-5-4-6-18-15(12)16/h4-8,10H,1-3H3,(H2,16,18). The Labute approximate surface area is 122 Å². The van der Waals surface area contributed by atoms with Gasteiger partial charge in [0.05, 0.1) is 30.0 Å². The summed E-state index contributed by atoms with van der Waals surface area (Å²) in [6.07, 6.45) is 5.26. The average Bonchev–Trinajstić information content (AvgIpc) is 3.06. The van der Waals surface area contributed by atoms with Crippen molar-refractivity contribution in [1.29, 1.82) is 0 Å². The molecule has 0 aromatic carbocycles. The van der Waals surface area contributed by atoms with Crippen LogP contribution in [0.15, 0.2) is 35.4 Å². The summed E-state index contributed by atoms with van der Waals surface area (Å²) in [4.78, 5) is 8.40. The highest BCUT2D eigenvalue weighted by Crippen LogP contribution is 2.31. The van der Waals surface area contributed by atoms with Gasteiger partial charge in [-0.15, -0.1) is 0 Å². The fraction of sp³-hybridized carbons (Fsp3) is 0.267. The number of rotatable bonds is 3. The van der Waals surface area contributed by atoms with Crippen LogP contribution in [0.25, 0.3) is 11.3 Å². The fourth-order valence-electron chi connectivity index (χ4n) is 2.68. The predicted molar refractivity (Wildman–Crippen MR) is 79.7 cm³/mol. The lowest BCUT2D eigenvalue weighted by atomic mass is 10.1. The molecule has 3 heterocycles. The maximum atomic E-state index is 5.98. The van der Waals surface area contributed by atoms with Crippen LogP contribution in [-0.2, 0) is 0 Å². The molecule has 0 fully saturated rings. The summed E-state index contributed by atoms with van der Waals surface area (Å²) in [5.74, 6) is 1.31. The van der Waals surface area contributed by atoms with Crippen LogP contribution in [0.5, 0.6) is 0 Å². The van der Waals surface area contributed by atoms with Crippen molar-refractivity contribution in [3.63, 3.8) is 0 Å². The van der Waals surface area contributed by atoms with Crippen LogP contribution in [0.3, 0.4) is 0 Å². The summed E-state index contributed by atoms with van der Waals surface area (Å²) in [5.41, 5.74) is 9.72. The zero-order chi connectivity index (χ0) is 15.0. The van der Waals surface area contributed by atoms with Crippen LogP contribution < -0.4 is 5.73 Å². The first-order valence-corrected chi connectivity index (χ1v) is 6.75. The molecule has 1 unspecified atom stereocenters. The molecule has 6 heteroatoms. The van der Waals surface area contributed by atoms with E-state index in [1.807, 2.05) is 26.0 Å².